The summed E-state index contributed by atoms with van der Waals surface area (Å²) in [7, 11) is 1.45. The predicted octanol–water partition coefficient (Wildman–Crippen LogP) is 1.98. The molecule has 0 aromatic heterocycles. The standard InChI is InChI=1S/C11H15ClN2O2.ClH/c1-7-3-4-8(12)5-9(7)14-11(15)10(6-13)16-2;/h3-5,10H,6,13H2,1-2H3,(H,14,15);1H. The fourth-order valence-corrected chi connectivity index (χ4v) is 1.42. The number of nitrogens with one attached hydrogen (secondary N) is 1. The Kier molecular flexibility index (Phi) is 7.15. The summed E-state index contributed by atoms with van der Waals surface area (Å²) >= 11 is 5.84. The number of halogens is 2. The van der Waals surface area contributed by atoms with Crippen LogP contribution in [0.2, 0.25) is 5.02 Å². The van der Waals surface area contributed by atoms with Gasteiger partial charge in [0, 0.05) is 24.4 Å². The van der Waals surface area contributed by atoms with E-state index in [1.165, 1.54) is 7.11 Å². The summed E-state index contributed by atoms with van der Waals surface area (Å²) in [6.45, 7) is 2.03. The molecule has 0 aliphatic heterocycles. The number of nitrogens with two attached hydrogens (primary N) is 1. The highest BCUT2D eigenvalue weighted by Crippen LogP contribution is 2.20. The van der Waals surface area contributed by atoms with Gasteiger partial charge < -0.3 is 15.8 Å². The molecule has 0 fully saturated rings. The van der Waals surface area contributed by atoms with E-state index in [0.717, 1.165) is 5.56 Å². The lowest BCUT2D eigenvalue weighted by Gasteiger charge is -2.14. The normalized spacial score (nSPS) is 11.5. The highest BCUT2D eigenvalue weighted by molar-refractivity contribution is 6.31. The summed E-state index contributed by atoms with van der Waals surface area (Å²) in [5.41, 5.74) is 7.00. The van der Waals surface area contributed by atoms with Crippen molar-refractivity contribution in [2.24, 2.45) is 5.73 Å². The van der Waals surface area contributed by atoms with Gasteiger partial charge in [0.05, 0.1) is 0 Å². The molecule has 4 nitrogen and oxygen atoms in total. The highest BCUT2D eigenvalue weighted by atomic mass is 35.5. The number of carbonyl (C=O) groups is 1. The molecule has 1 atom stereocenters. The van der Waals surface area contributed by atoms with Crippen molar-refractivity contribution in [1.29, 1.82) is 0 Å². The summed E-state index contributed by atoms with van der Waals surface area (Å²) in [5, 5.41) is 3.30. The molecular weight excluding hydrogens is 263 g/mol. The number of anilines is 1. The Hall–Kier alpha value is -0.810. The molecule has 1 aromatic rings. The fourth-order valence-electron chi connectivity index (χ4n) is 1.25. The molecule has 17 heavy (non-hydrogen) atoms. The molecule has 0 aliphatic rings. The lowest BCUT2D eigenvalue weighted by Crippen LogP contribution is -2.36. The summed E-state index contributed by atoms with van der Waals surface area (Å²) in [6, 6.07) is 5.30. The van der Waals surface area contributed by atoms with E-state index >= 15 is 0 Å². The van der Waals surface area contributed by atoms with Gasteiger partial charge in [0.2, 0.25) is 0 Å². The zero-order valence-electron chi connectivity index (χ0n) is 9.70. The van der Waals surface area contributed by atoms with Gasteiger partial charge in [0.25, 0.3) is 5.91 Å². The first-order chi connectivity index (χ1) is 7.58. The van der Waals surface area contributed by atoms with E-state index in [2.05, 4.69) is 5.32 Å². The molecule has 3 N–H and O–H groups in total. The fraction of sp³-hybridized carbons (Fsp3) is 0.364. The van der Waals surface area contributed by atoms with Gasteiger partial charge in [0.1, 0.15) is 6.10 Å². The Balaban J connectivity index is 0.00000256. The van der Waals surface area contributed by atoms with E-state index in [-0.39, 0.29) is 24.9 Å². The molecule has 0 heterocycles. The van der Waals surface area contributed by atoms with Crippen LogP contribution in [0.25, 0.3) is 0 Å². The number of rotatable bonds is 4. The van der Waals surface area contributed by atoms with Gasteiger partial charge in [-0.15, -0.1) is 12.4 Å². The molecule has 0 bridgehead atoms. The largest absolute Gasteiger partial charge is 0.370 e. The van der Waals surface area contributed by atoms with Crippen molar-refractivity contribution in [3.05, 3.63) is 28.8 Å². The van der Waals surface area contributed by atoms with Crippen LogP contribution < -0.4 is 11.1 Å². The van der Waals surface area contributed by atoms with Gasteiger partial charge in [-0.05, 0) is 24.6 Å². The molecule has 96 valence electrons. The van der Waals surface area contributed by atoms with E-state index in [0.29, 0.717) is 10.7 Å². The number of benzene rings is 1. The molecule has 6 heteroatoms. The zero-order chi connectivity index (χ0) is 12.1. The minimum atomic E-state index is -0.640. The van der Waals surface area contributed by atoms with Crippen molar-refractivity contribution in [1.82, 2.24) is 0 Å². The summed E-state index contributed by atoms with van der Waals surface area (Å²) < 4.78 is 4.93. The smallest absolute Gasteiger partial charge is 0.254 e. The van der Waals surface area contributed by atoms with Gasteiger partial charge >= 0.3 is 0 Å². The van der Waals surface area contributed by atoms with E-state index in [4.69, 9.17) is 22.1 Å². The first kappa shape index (κ1) is 16.2. The second-order valence-electron chi connectivity index (χ2n) is 3.41. The maximum Gasteiger partial charge on any atom is 0.254 e. The van der Waals surface area contributed by atoms with Crippen LogP contribution in [0, 0.1) is 6.92 Å². The topological polar surface area (TPSA) is 64.3 Å². The van der Waals surface area contributed by atoms with E-state index in [9.17, 15) is 4.79 Å². The van der Waals surface area contributed by atoms with Crippen molar-refractivity contribution in [2.45, 2.75) is 13.0 Å². The third-order valence-electron chi connectivity index (χ3n) is 2.25. The summed E-state index contributed by atoms with van der Waals surface area (Å²) in [4.78, 5) is 11.7. The number of ether oxygens (including phenoxy) is 1. The number of aryl methyl sites for hydroxylation is 1. The van der Waals surface area contributed by atoms with Crippen molar-refractivity contribution in [2.75, 3.05) is 19.0 Å². The van der Waals surface area contributed by atoms with Crippen LogP contribution >= 0.6 is 24.0 Å². The van der Waals surface area contributed by atoms with Gasteiger partial charge in [-0.25, -0.2) is 0 Å². The zero-order valence-corrected chi connectivity index (χ0v) is 11.3. The van der Waals surface area contributed by atoms with E-state index in [1.54, 1.807) is 12.1 Å². The van der Waals surface area contributed by atoms with Gasteiger partial charge in [0.15, 0.2) is 0 Å². The Labute approximate surface area is 112 Å². The number of carbonyl (C=O) groups excluding carboxylic acids is 1. The van der Waals surface area contributed by atoms with Crippen molar-refractivity contribution in [3.63, 3.8) is 0 Å². The monoisotopic (exact) mass is 278 g/mol. The van der Waals surface area contributed by atoms with Gasteiger partial charge in [-0.2, -0.15) is 0 Å². The van der Waals surface area contributed by atoms with Crippen molar-refractivity contribution >= 4 is 35.6 Å². The van der Waals surface area contributed by atoms with Crippen LogP contribution in [-0.4, -0.2) is 25.7 Å². The van der Waals surface area contributed by atoms with Gasteiger partial charge in [-0.1, -0.05) is 17.7 Å². The number of methoxy groups -OCH3 is 1. The molecule has 1 aromatic carbocycles. The number of hydrogen-bond acceptors (Lipinski definition) is 3. The average molecular weight is 279 g/mol. The molecule has 0 saturated heterocycles. The van der Waals surface area contributed by atoms with E-state index in [1.807, 2.05) is 13.0 Å². The maximum absolute atomic E-state index is 11.7. The second kappa shape index (κ2) is 7.50. The van der Waals surface area contributed by atoms with Crippen molar-refractivity contribution < 1.29 is 9.53 Å². The highest BCUT2D eigenvalue weighted by Gasteiger charge is 2.16. The van der Waals surface area contributed by atoms with Gasteiger partial charge in [-0.3, -0.25) is 4.79 Å². The Morgan fingerprint density at radius 3 is 2.76 bits per heavy atom. The van der Waals surface area contributed by atoms with E-state index < -0.39 is 6.10 Å². The van der Waals surface area contributed by atoms with Crippen LogP contribution in [0.3, 0.4) is 0 Å². The Bertz CT molecular complexity index is 382. The second-order valence-corrected chi connectivity index (χ2v) is 3.84. The van der Waals surface area contributed by atoms with Crippen LogP contribution in [0.15, 0.2) is 18.2 Å². The quantitative estimate of drug-likeness (QED) is 0.885. The van der Waals surface area contributed by atoms with Crippen LogP contribution in [0.5, 0.6) is 0 Å². The molecule has 0 saturated carbocycles. The third-order valence-corrected chi connectivity index (χ3v) is 2.48. The Morgan fingerprint density at radius 1 is 1.59 bits per heavy atom. The molecule has 1 unspecified atom stereocenters. The molecule has 0 spiro atoms. The van der Waals surface area contributed by atoms with Crippen molar-refractivity contribution in [3.8, 4) is 0 Å². The number of amides is 1. The maximum atomic E-state index is 11.7. The van der Waals surface area contributed by atoms with Crippen LogP contribution in [0.4, 0.5) is 5.69 Å². The first-order valence-corrected chi connectivity index (χ1v) is 5.26. The average Bonchev–Trinajstić information content (AvgIpc) is 2.25. The third kappa shape index (κ3) is 4.52. The lowest BCUT2D eigenvalue weighted by atomic mass is 10.2. The number of hydrogen-bond donors (Lipinski definition) is 2. The summed E-state index contributed by atoms with van der Waals surface area (Å²) in [5.74, 6) is -0.268. The van der Waals surface area contributed by atoms with Crippen LogP contribution in [-0.2, 0) is 9.53 Å². The Morgan fingerprint density at radius 2 is 2.24 bits per heavy atom. The summed E-state index contributed by atoms with van der Waals surface area (Å²) in [6.07, 6.45) is -0.640. The minimum Gasteiger partial charge on any atom is -0.370 e. The molecule has 1 amide bonds. The molecular formula is C11H16Cl2N2O2. The minimum absolute atomic E-state index is 0. The molecule has 1 rings (SSSR count). The predicted molar refractivity (Wildman–Crippen MR) is 71.9 cm³/mol. The molecule has 0 radical (unpaired) electrons. The lowest BCUT2D eigenvalue weighted by molar-refractivity contribution is -0.125. The molecule has 0 aliphatic carbocycles. The van der Waals surface area contributed by atoms with Crippen LogP contribution in [0.1, 0.15) is 5.56 Å². The first-order valence-electron chi connectivity index (χ1n) is 4.88. The SMILES string of the molecule is COC(CN)C(=O)Nc1cc(Cl)ccc1C.Cl.